The molecule has 1 aromatic heterocycles. The first kappa shape index (κ1) is 23.4. The van der Waals surface area contributed by atoms with Crippen molar-refractivity contribution < 1.29 is 13.9 Å². The van der Waals surface area contributed by atoms with Gasteiger partial charge in [0.2, 0.25) is 5.76 Å². The van der Waals surface area contributed by atoms with Crippen LogP contribution in [0, 0.1) is 6.92 Å². The van der Waals surface area contributed by atoms with E-state index in [1.807, 2.05) is 67.6 Å². The standard InChI is InChI=1S/C29H26BrNO4/c1-3-4-5-14-34-22-11-6-8-19(16-22)26-25-27(32)23-15-18(2)12-13-24(23)35-28(25)29(33)31(26)21-10-7-9-20(30)17-21/h6-13,15-17,26H,3-5,14H2,1-2H3. The molecule has 0 saturated heterocycles. The first-order valence-corrected chi connectivity index (χ1v) is 12.7. The summed E-state index contributed by atoms with van der Waals surface area (Å²) in [5.74, 6) is 0.470. The van der Waals surface area contributed by atoms with Crippen LogP contribution in [0.15, 0.2) is 80.4 Å². The van der Waals surface area contributed by atoms with E-state index in [2.05, 4.69) is 22.9 Å². The first-order valence-electron chi connectivity index (χ1n) is 11.9. The van der Waals surface area contributed by atoms with Crippen molar-refractivity contribution in [2.75, 3.05) is 11.5 Å². The summed E-state index contributed by atoms with van der Waals surface area (Å²) in [5, 5.41) is 0.476. The molecule has 0 bridgehead atoms. The Kier molecular flexibility index (Phi) is 6.48. The fraction of sp³-hybridized carbons (Fsp3) is 0.241. The second-order valence-corrected chi connectivity index (χ2v) is 9.77. The molecule has 0 N–H and O–H groups in total. The monoisotopic (exact) mass is 531 g/mol. The van der Waals surface area contributed by atoms with Crippen LogP contribution in [0.4, 0.5) is 5.69 Å². The number of hydrogen-bond acceptors (Lipinski definition) is 4. The van der Waals surface area contributed by atoms with E-state index in [9.17, 15) is 9.59 Å². The predicted molar refractivity (Wildman–Crippen MR) is 141 cm³/mol. The van der Waals surface area contributed by atoms with Crippen molar-refractivity contribution in [3.63, 3.8) is 0 Å². The van der Waals surface area contributed by atoms with E-state index in [1.54, 1.807) is 11.0 Å². The lowest BCUT2D eigenvalue weighted by Crippen LogP contribution is -2.29. The number of halogens is 1. The minimum Gasteiger partial charge on any atom is -0.494 e. The van der Waals surface area contributed by atoms with Gasteiger partial charge < -0.3 is 9.15 Å². The maximum absolute atomic E-state index is 13.8. The van der Waals surface area contributed by atoms with Crippen molar-refractivity contribution in [2.45, 2.75) is 39.2 Å². The van der Waals surface area contributed by atoms with Gasteiger partial charge in [-0.2, -0.15) is 0 Å². The number of unbranched alkanes of at least 4 members (excludes halogenated alkanes) is 2. The second-order valence-electron chi connectivity index (χ2n) is 8.86. The maximum atomic E-state index is 13.8. The van der Waals surface area contributed by atoms with Gasteiger partial charge in [-0.1, -0.05) is 65.5 Å². The Morgan fingerprint density at radius 3 is 2.63 bits per heavy atom. The van der Waals surface area contributed by atoms with Crippen LogP contribution in [0.1, 0.15) is 59.5 Å². The molecule has 1 atom stereocenters. The van der Waals surface area contributed by atoms with Crippen LogP contribution in [-0.4, -0.2) is 12.5 Å². The largest absolute Gasteiger partial charge is 0.494 e. The highest BCUT2D eigenvalue weighted by atomic mass is 79.9. The number of fused-ring (bicyclic) bond motifs is 2. The molecule has 3 aromatic carbocycles. The SMILES string of the molecule is CCCCCOc1cccc(C2c3c(oc4ccc(C)cc4c3=O)C(=O)N2c2cccc(Br)c2)c1. The van der Waals surface area contributed by atoms with Gasteiger partial charge in [0.05, 0.1) is 23.6 Å². The minimum atomic E-state index is -0.632. The first-order chi connectivity index (χ1) is 17.0. The maximum Gasteiger partial charge on any atom is 0.295 e. The van der Waals surface area contributed by atoms with E-state index in [0.717, 1.165) is 40.6 Å². The van der Waals surface area contributed by atoms with Crippen LogP contribution >= 0.6 is 15.9 Å². The van der Waals surface area contributed by atoms with Crippen LogP contribution in [0.2, 0.25) is 0 Å². The van der Waals surface area contributed by atoms with E-state index in [-0.39, 0.29) is 17.1 Å². The van der Waals surface area contributed by atoms with Gasteiger partial charge in [0, 0.05) is 10.2 Å². The van der Waals surface area contributed by atoms with Crippen LogP contribution < -0.4 is 15.1 Å². The molecular weight excluding hydrogens is 506 g/mol. The third-order valence-corrected chi connectivity index (χ3v) is 6.80. The van der Waals surface area contributed by atoms with Crippen LogP contribution in [0.3, 0.4) is 0 Å². The third kappa shape index (κ3) is 4.39. The molecule has 5 nitrogen and oxygen atoms in total. The van der Waals surface area contributed by atoms with E-state index >= 15 is 0 Å². The molecule has 1 amide bonds. The molecular formula is C29H26BrNO4. The fourth-order valence-electron chi connectivity index (χ4n) is 4.61. The average Bonchev–Trinajstić information content (AvgIpc) is 3.15. The number of aryl methyl sites for hydroxylation is 1. The topological polar surface area (TPSA) is 59.8 Å². The van der Waals surface area contributed by atoms with Gasteiger partial charge in [0.25, 0.3) is 5.91 Å². The molecule has 0 spiro atoms. The van der Waals surface area contributed by atoms with Gasteiger partial charge in [-0.15, -0.1) is 0 Å². The van der Waals surface area contributed by atoms with E-state index in [0.29, 0.717) is 28.8 Å². The molecule has 35 heavy (non-hydrogen) atoms. The van der Waals surface area contributed by atoms with E-state index in [1.165, 1.54) is 0 Å². The van der Waals surface area contributed by atoms with E-state index < -0.39 is 6.04 Å². The normalized spacial score (nSPS) is 15.0. The molecule has 0 saturated carbocycles. The summed E-state index contributed by atoms with van der Waals surface area (Å²) in [6.45, 7) is 4.71. The second kappa shape index (κ2) is 9.70. The van der Waals surface area contributed by atoms with Gasteiger partial charge in [-0.3, -0.25) is 14.5 Å². The highest BCUT2D eigenvalue weighted by Crippen LogP contribution is 2.42. The summed E-state index contributed by atoms with van der Waals surface area (Å²) in [6.07, 6.45) is 3.20. The molecule has 4 aromatic rings. The van der Waals surface area contributed by atoms with Crippen LogP contribution in [0.5, 0.6) is 5.75 Å². The number of amides is 1. The van der Waals surface area contributed by atoms with Crippen molar-refractivity contribution in [3.8, 4) is 5.75 Å². The molecule has 1 aliphatic rings. The number of hydrogen-bond donors (Lipinski definition) is 0. The quantitative estimate of drug-likeness (QED) is 0.237. The number of carbonyl (C=O) groups excluding carboxylic acids is 1. The van der Waals surface area contributed by atoms with Gasteiger partial charge in [0.15, 0.2) is 5.43 Å². The Morgan fingerprint density at radius 1 is 1.00 bits per heavy atom. The Labute approximate surface area is 212 Å². The van der Waals surface area contributed by atoms with Crippen molar-refractivity contribution in [3.05, 3.63) is 104 Å². The molecule has 2 heterocycles. The van der Waals surface area contributed by atoms with Gasteiger partial charge in [-0.25, -0.2) is 0 Å². The zero-order chi connectivity index (χ0) is 24.5. The van der Waals surface area contributed by atoms with Crippen molar-refractivity contribution in [1.82, 2.24) is 0 Å². The Balaban J connectivity index is 1.68. The molecule has 6 heteroatoms. The number of rotatable bonds is 7. The number of anilines is 1. The summed E-state index contributed by atoms with van der Waals surface area (Å²) in [6, 6.07) is 20.0. The lowest BCUT2D eigenvalue weighted by atomic mass is 9.97. The molecule has 0 aliphatic carbocycles. The molecule has 1 aliphatic heterocycles. The lowest BCUT2D eigenvalue weighted by molar-refractivity contribution is 0.0971. The molecule has 0 radical (unpaired) electrons. The highest BCUT2D eigenvalue weighted by molar-refractivity contribution is 9.10. The Hall–Kier alpha value is -3.38. The molecule has 5 rings (SSSR count). The predicted octanol–water partition coefficient (Wildman–Crippen LogP) is 7.18. The van der Waals surface area contributed by atoms with Gasteiger partial charge in [0.1, 0.15) is 11.3 Å². The fourth-order valence-corrected chi connectivity index (χ4v) is 5.00. The van der Waals surface area contributed by atoms with E-state index in [4.69, 9.17) is 9.15 Å². The summed E-state index contributed by atoms with van der Waals surface area (Å²) < 4.78 is 12.9. The number of benzene rings is 3. The van der Waals surface area contributed by atoms with Crippen LogP contribution in [-0.2, 0) is 0 Å². The minimum absolute atomic E-state index is 0.0885. The molecule has 1 unspecified atom stereocenters. The molecule has 0 fully saturated rings. The summed E-state index contributed by atoms with van der Waals surface area (Å²) in [5.41, 5.74) is 3.01. The Morgan fingerprint density at radius 2 is 1.83 bits per heavy atom. The highest BCUT2D eigenvalue weighted by Gasteiger charge is 2.43. The average molecular weight is 532 g/mol. The van der Waals surface area contributed by atoms with Crippen LogP contribution in [0.25, 0.3) is 11.0 Å². The van der Waals surface area contributed by atoms with Crippen molar-refractivity contribution in [2.24, 2.45) is 0 Å². The zero-order valence-electron chi connectivity index (χ0n) is 19.7. The summed E-state index contributed by atoms with van der Waals surface area (Å²) >= 11 is 3.51. The summed E-state index contributed by atoms with van der Waals surface area (Å²) in [7, 11) is 0. The number of ether oxygens (including phenoxy) is 1. The number of nitrogens with zero attached hydrogens (tertiary/aromatic N) is 1. The van der Waals surface area contributed by atoms with Gasteiger partial charge >= 0.3 is 0 Å². The Bertz CT molecular complexity index is 1480. The van der Waals surface area contributed by atoms with Crippen molar-refractivity contribution >= 4 is 38.5 Å². The molecule has 178 valence electrons. The van der Waals surface area contributed by atoms with Gasteiger partial charge in [-0.05, 0) is 61.4 Å². The lowest BCUT2D eigenvalue weighted by Gasteiger charge is -2.25. The smallest absolute Gasteiger partial charge is 0.295 e. The van der Waals surface area contributed by atoms with Crippen molar-refractivity contribution in [1.29, 1.82) is 0 Å². The third-order valence-electron chi connectivity index (χ3n) is 6.30. The zero-order valence-corrected chi connectivity index (χ0v) is 21.3. The number of carbonyl (C=O) groups is 1. The summed E-state index contributed by atoms with van der Waals surface area (Å²) in [4.78, 5) is 29.2.